The van der Waals surface area contributed by atoms with Crippen molar-refractivity contribution in [3.8, 4) is 11.8 Å². The van der Waals surface area contributed by atoms with Crippen LogP contribution in [0.1, 0.15) is 12.8 Å². The summed E-state index contributed by atoms with van der Waals surface area (Å²) in [6, 6.07) is 7.90. The first kappa shape index (κ1) is 13.8. The topological polar surface area (TPSA) is 51.1 Å². The average molecular weight is 403 g/mol. The molecule has 1 fully saturated rings. The van der Waals surface area contributed by atoms with Crippen molar-refractivity contribution in [2.24, 2.45) is 0 Å². The van der Waals surface area contributed by atoms with Crippen molar-refractivity contribution < 1.29 is 4.74 Å². The molecule has 0 saturated carbocycles. The van der Waals surface area contributed by atoms with E-state index in [4.69, 9.17) is 16.3 Å². The molecule has 1 saturated heterocycles. The Morgan fingerprint density at radius 2 is 1.95 bits per heavy atom. The van der Waals surface area contributed by atoms with E-state index in [1.54, 1.807) is 0 Å². The summed E-state index contributed by atoms with van der Waals surface area (Å²) >= 11 is 8.18. The van der Waals surface area contributed by atoms with Gasteiger partial charge in [0.25, 0.3) is 0 Å². The summed E-state index contributed by atoms with van der Waals surface area (Å²) < 4.78 is 6.75. The van der Waals surface area contributed by atoms with Gasteiger partial charge in [-0.2, -0.15) is 15.0 Å². The van der Waals surface area contributed by atoms with Crippen LogP contribution in [0.4, 0.5) is 5.95 Å². The van der Waals surface area contributed by atoms with Gasteiger partial charge in [0.05, 0.1) is 0 Å². The number of rotatable bonds is 3. The quantitative estimate of drug-likeness (QED) is 0.735. The first-order valence-corrected chi connectivity index (χ1v) is 7.76. The van der Waals surface area contributed by atoms with Crippen molar-refractivity contribution >= 4 is 40.1 Å². The van der Waals surface area contributed by atoms with Crippen molar-refractivity contribution in [2.75, 3.05) is 18.0 Å². The van der Waals surface area contributed by atoms with Crippen LogP contribution in [0.25, 0.3) is 0 Å². The second kappa shape index (κ2) is 6.09. The molecule has 0 unspecified atom stereocenters. The molecule has 1 aliphatic heterocycles. The fourth-order valence-electron chi connectivity index (χ4n) is 2.06. The molecular formula is C13H12ClIN4O. The van der Waals surface area contributed by atoms with Crippen molar-refractivity contribution in [1.82, 2.24) is 15.0 Å². The van der Waals surface area contributed by atoms with Crippen molar-refractivity contribution in [3.05, 3.63) is 33.1 Å². The largest absolute Gasteiger partial charge is 0.424 e. The van der Waals surface area contributed by atoms with Crippen LogP contribution in [0, 0.1) is 3.57 Å². The van der Waals surface area contributed by atoms with Crippen LogP contribution in [-0.4, -0.2) is 28.0 Å². The predicted octanol–water partition coefficient (Wildman–Crippen LogP) is 3.52. The van der Waals surface area contributed by atoms with Gasteiger partial charge in [0, 0.05) is 16.7 Å². The SMILES string of the molecule is Clc1nc(Oc2cccc(I)c2)nc(N2CCCC2)n1. The van der Waals surface area contributed by atoms with Crippen molar-refractivity contribution in [1.29, 1.82) is 0 Å². The summed E-state index contributed by atoms with van der Waals surface area (Å²) in [7, 11) is 0. The molecule has 0 radical (unpaired) electrons. The van der Waals surface area contributed by atoms with Crippen LogP contribution in [-0.2, 0) is 0 Å². The van der Waals surface area contributed by atoms with E-state index in [1.165, 1.54) is 0 Å². The van der Waals surface area contributed by atoms with Gasteiger partial charge in [-0.15, -0.1) is 0 Å². The third-order valence-corrected chi connectivity index (χ3v) is 3.81. The van der Waals surface area contributed by atoms with Gasteiger partial charge in [0.1, 0.15) is 5.75 Å². The highest BCUT2D eigenvalue weighted by Gasteiger charge is 2.17. The van der Waals surface area contributed by atoms with E-state index < -0.39 is 0 Å². The summed E-state index contributed by atoms with van der Waals surface area (Å²) in [5, 5.41) is 0.155. The summed E-state index contributed by atoms with van der Waals surface area (Å²) in [6.07, 6.45) is 2.30. The van der Waals surface area contributed by atoms with Crippen LogP contribution in [0.2, 0.25) is 5.28 Å². The molecule has 0 amide bonds. The molecule has 0 atom stereocenters. The third kappa shape index (κ3) is 3.29. The van der Waals surface area contributed by atoms with Crippen molar-refractivity contribution in [3.63, 3.8) is 0 Å². The number of benzene rings is 1. The first-order chi connectivity index (χ1) is 9.70. The zero-order valence-electron chi connectivity index (χ0n) is 10.6. The maximum Gasteiger partial charge on any atom is 0.328 e. The van der Waals surface area contributed by atoms with E-state index in [2.05, 4.69) is 42.4 Å². The van der Waals surface area contributed by atoms with Gasteiger partial charge in [-0.25, -0.2) is 0 Å². The molecule has 1 aromatic carbocycles. The standard InChI is InChI=1S/C13H12ClIN4O/c14-11-16-12(19-6-1-2-7-19)18-13(17-11)20-10-5-3-4-9(15)8-10/h3-5,8H,1-2,6-7H2. The molecule has 1 aromatic heterocycles. The smallest absolute Gasteiger partial charge is 0.328 e. The molecule has 0 bridgehead atoms. The maximum atomic E-state index is 5.96. The Hall–Kier alpha value is -1.15. The lowest BCUT2D eigenvalue weighted by Crippen LogP contribution is -2.21. The highest BCUT2D eigenvalue weighted by Crippen LogP contribution is 2.24. The third-order valence-electron chi connectivity index (χ3n) is 2.97. The van der Waals surface area contributed by atoms with E-state index >= 15 is 0 Å². The molecule has 2 heterocycles. The molecule has 104 valence electrons. The lowest BCUT2D eigenvalue weighted by molar-refractivity contribution is 0.439. The molecule has 0 aliphatic carbocycles. The Labute approximate surface area is 135 Å². The molecule has 1 aliphatic rings. The van der Waals surface area contributed by atoms with Crippen molar-refractivity contribution in [2.45, 2.75) is 12.8 Å². The average Bonchev–Trinajstić information content (AvgIpc) is 2.91. The van der Waals surface area contributed by atoms with E-state index in [0.29, 0.717) is 11.7 Å². The Morgan fingerprint density at radius 1 is 1.15 bits per heavy atom. The monoisotopic (exact) mass is 402 g/mol. The summed E-state index contributed by atoms with van der Waals surface area (Å²) in [5.41, 5.74) is 0. The Balaban J connectivity index is 1.85. The molecule has 7 heteroatoms. The zero-order chi connectivity index (χ0) is 13.9. The predicted molar refractivity (Wildman–Crippen MR) is 85.5 cm³/mol. The molecule has 2 aromatic rings. The lowest BCUT2D eigenvalue weighted by atomic mass is 10.3. The second-order valence-corrected chi connectivity index (χ2v) is 6.02. The summed E-state index contributed by atoms with van der Waals surface area (Å²) in [5.74, 6) is 1.27. The van der Waals surface area contributed by atoms with Crippen LogP contribution >= 0.6 is 34.2 Å². The van der Waals surface area contributed by atoms with E-state index in [-0.39, 0.29) is 11.3 Å². The minimum Gasteiger partial charge on any atom is -0.424 e. The fraction of sp³-hybridized carbons (Fsp3) is 0.308. The number of hydrogen-bond acceptors (Lipinski definition) is 5. The lowest BCUT2D eigenvalue weighted by Gasteiger charge is -2.15. The number of aromatic nitrogens is 3. The molecule has 0 N–H and O–H groups in total. The Kier molecular flexibility index (Phi) is 4.21. The molecule has 20 heavy (non-hydrogen) atoms. The van der Waals surface area contributed by atoms with E-state index in [1.807, 2.05) is 24.3 Å². The number of ether oxygens (including phenoxy) is 1. The molecule has 5 nitrogen and oxygen atoms in total. The van der Waals surface area contributed by atoms with Gasteiger partial charge in [0.15, 0.2) is 0 Å². The van der Waals surface area contributed by atoms with Gasteiger partial charge in [-0.1, -0.05) is 6.07 Å². The van der Waals surface area contributed by atoms with Crippen LogP contribution in [0.3, 0.4) is 0 Å². The van der Waals surface area contributed by atoms with Crippen LogP contribution in [0.5, 0.6) is 11.8 Å². The minimum absolute atomic E-state index is 0.155. The van der Waals surface area contributed by atoms with Gasteiger partial charge in [-0.3, -0.25) is 0 Å². The number of anilines is 1. The highest BCUT2D eigenvalue weighted by molar-refractivity contribution is 14.1. The van der Waals surface area contributed by atoms with E-state index in [0.717, 1.165) is 29.5 Å². The first-order valence-electron chi connectivity index (χ1n) is 6.31. The second-order valence-electron chi connectivity index (χ2n) is 4.44. The number of hydrogen-bond donors (Lipinski definition) is 0. The van der Waals surface area contributed by atoms with Gasteiger partial charge in [0.2, 0.25) is 11.2 Å². The van der Waals surface area contributed by atoms with Crippen LogP contribution < -0.4 is 9.64 Å². The normalized spacial score (nSPS) is 14.6. The van der Waals surface area contributed by atoms with E-state index in [9.17, 15) is 0 Å². The molecule has 0 spiro atoms. The fourth-order valence-corrected chi connectivity index (χ4v) is 2.72. The number of halogens is 2. The van der Waals surface area contributed by atoms with Gasteiger partial charge >= 0.3 is 6.01 Å². The zero-order valence-corrected chi connectivity index (χ0v) is 13.5. The summed E-state index contributed by atoms with van der Waals surface area (Å²) in [6.45, 7) is 1.89. The molecular weight excluding hydrogens is 391 g/mol. The Morgan fingerprint density at radius 3 is 2.70 bits per heavy atom. The maximum absolute atomic E-state index is 5.96. The Bertz CT molecular complexity index is 619. The van der Waals surface area contributed by atoms with Gasteiger partial charge < -0.3 is 9.64 Å². The summed E-state index contributed by atoms with van der Waals surface area (Å²) in [4.78, 5) is 14.6. The van der Waals surface area contributed by atoms with Crippen LogP contribution in [0.15, 0.2) is 24.3 Å². The van der Waals surface area contributed by atoms with Gasteiger partial charge in [-0.05, 0) is 65.2 Å². The number of nitrogens with zero attached hydrogens (tertiary/aromatic N) is 4. The molecule has 3 rings (SSSR count). The highest BCUT2D eigenvalue weighted by atomic mass is 127. The minimum atomic E-state index is 0.155.